The highest BCUT2D eigenvalue weighted by Gasteiger charge is 2.34. The third kappa shape index (κ3) is 4.91. The molecule has 158 valence electrons. The van der Waals surface area contributed by atoms with Gasteiger partial charge in [-0.2, -0.15) is 0 Å². The first-order chi connectivity index (χ1) is 13.8. The molecule has 0 amide bonds. The second kappa shape index (κ2) is 9.27. The highest BCUT2D eigenvalue weighted by molar-refractivity contribution is 7.99. The molecule has 0 aliphatic carbocycles. The van der Waals surface area contributed by atoms with Gasteiger partial charge in [0.25, 0.3) is 0 Å². The van der Waals surface area contributed by atoms with Crippen molar-refractivity contribution in [1.82, 2.24) is 0 Å². The summed E-state index contributed by atoms with van der Waals surface area (Å²) in [6, 6.07) is 13.6. The molecule has 0 atom stereocenters. The van der Waals surface area contributed by atoms with Crippen LogP contribution in [0.2, 0.25) is 5.02 Å². The fourth-order valence-electron chi connectivity index (χ4n) is 3.40. The molecule has 3 rings (SSSR count). The predicted molar refractivity (Wildman–Crippen MR) is 119 cm³/mol. The highest BCUT2D eigenvalue weighted by atomic mass is 35.5. The average molecular weight is 456 g/mol. The Kier molecular flexibility index (Phi) is 7.17. The normalized spacial score (nSPS) is 16.6. The molecule has 0 aromatic heterocycles. The minimum atomic E-state index is -3.32. The van der Waals surface area contributed by atoms with E-state index >= 15 is 0 Å². The van der Waals surface area contributed by atoms with Crippen LogP contribution < -0.4 is 4.31 Å². The second-order valence-corrected chi connectivity index (χ2v) is 10.7. The molecule has 2 aromatic carbocycles. The van der Waals surface area contributed by atoms with Crippen molar-refractivity contribution in [3.05, 3.63) is 53.1 Å². The molecule has 2 aromatic rings. The number of sulfonamides is 1. The second-order valence-electron chi connectivity index (χ2n) is 6.92. The minimum absolute atomic E-state index is 0.0384. The van der Waals surface area contributed by atoms with Gasteiger partial charge in [0.1, 0.15) is 0 Å². The number of hydrogen-bond donors (Lipinski definition) is 0. The van der Waals surface area contributed by atoms with Crippen LogP contribution in [0.5, 0.6) is 0 Å². The molecule has 0 radical (unpaired) electrons. The van der Waals surface area contributed by atoms with Crippen LogP contribution in [0.4, 0.5) is 5.69 Å². The molecule has 1 saturated heterocycles. The number of methoxy groups -OCH3 is 1. The number of ether oxygens (including phenoxy) is 2. The first-order valence-corrected chi connectivity index (χ1v) is 12.3. The smallest absolute Gasteiger partial charge is 0.234 e. The van der Waals surface area contributed by atoms with Gasteiger partial charge < -0.3 is 9.47 Å². The van der Waals surface area contributed by atoms with E-state index < -0.39 is 10.0 Å². The molecule has 5 nitrogen and oxygen atoms in total. The zero-order chi connectivity index (χ0) is 21.1. The molecule has 8 heteroatoms. The Bertz CT molecular complexity index is 959. The topological polar surface area (TPSA) is 55.8 Å². The van der Waals surface area contributed by atoms with E-state index in [4.69, 9.17) is 21.1 Å². The standard InChI is InChI=1S/C21H26ClNO4S2/c1-4-29(24,25)23(2)17-8-9-20(19(22)15-17)28-18-7-5-6-16(14-18)21(26-3)10-12-27-13-11-21/h5-9,14-15H,4,10-13H2,1-3H3. The summed E-state index contributed by atoms with van der Waals surface area (Å²) in [7, 11) is -0.0317. The van der Waals surface area contributed by atoms with E-state index in [0.29, 0.717) is 23.9 Å². The van der Waals surface area contributed by atoms with Crippen molar-refractivity contribution in [3.8, 4) is 0 Å². The first-order valence-electron chi connectivity index (χ1n) is 9.49. The van der Waals surface area contributed by atoms with Gasteiger partial charge in [0, 0.05) is 50.0 Å². The van der Waals surface area contributed by atoms with E-state index in [1.54, 1.807) is 45.0 Å². The molecule has 1 heterocycles. The lowest BCUT2D eigenvalue weighted by molar-refractivity contribution is -0.0948. The molecular weight excluding hydrogens is 430 g/mol. The largest absolute Gasteiger partial charge is 0.381 e. The van der Waals surface area contributed by atoms with E-state index in [1.165, 1.54) is 4.31 Å². The highest BCUT2D eigenvalue weighted by Crippen LogP contribution is 2.40. The molecule has 0 saturated carbocycles. The Morgan fingerprint density at radius 1 is 1.21 bits per heavy atom. The Balaban J connectivity index is 1.84. The molecule has 29 heavy (non-hydrogen) atoms. The molecule has 0 N–H and O–H groups in total. The third-order valence-electron chi connectivity index (χ3n) is 5.34. The van der Waals surface area contributed by atoms with Crippen LogP contribution >= 0.6 is 23.4 Å². The quantitative estimate of drug-likeness (QED) is 0.592. The van der Waals surface area contributed by atoms with Crippen molar-refractivity contribution in [2.45, 2.75) is 35.2 Å². The summed E-state index contributed by atoms with van der Waals surface area (Å²) < 4.78 is 36.8. The van der Waals surface area contributed by atoms with Gasteiger partial charge in [-0.3, -0.25) is 4.31 Å². The summed E-state index contributed by atoms with van der Waals surface area (Å²) in [4.78, 5) is 1.92. The van der Waals surface area contributed by atoms with E-state index in [9.17, 15) is 8.42 Å². The van der Waals surface area contributed by atoms with Gasteiger partial charge in [-0.05, 0) is 42.8 Å². The fraction of sp³-hybridized carbons (Fsp3) is 0.429. The Morgan fingerprint density at radius 2 is 1.93 bits per heavy atom. The summed E-state index contributed by atoms with van der Waals surface area (Å²) in [6.45, 7) is 3.00. The van der Waals surface area contributed by atoms with Crippen LogP contribution in [-0.2, 0) is 25.1 Å². The molecule has 1 aliphatic rings. The van der Waals surface area contributed by atoms with Gasteiger partial charge in [-0.1, -0.05) is 35.5 Å². The van der Waals surface area contributed by atoms with E-state index in [-0.39, 0.29) is 11.4 Å². The van der Waals surface area contributed by atoms with Crippen LogP contribution in [0.1, 0.15) is 25.3 Å². The summed E-state index contributed by atoms with van der Waals surface area (Å²) >= 11 is 8.02. The average Bonchev–Trinajstić information content (AvgIpc) is 2.75. The van der Waals surface area contributed by atoms with Crippen LogP contribution in [-0.4, -0.2) is 41.5 Å². The fourth-order valence-corrected chi connectivity index (χ4v) is 5.40. The molecule has 1 aliphatic heterocycles. The van der Waals surface area contributed by atoms with E-state index in [2.05, 4.69) is 12.1 Å². The van der Waals surface area contributed by atoms with E-state index in [0.717, 1.165) is 28.2 Å². The van der Waals surface area contributed by atoms with Gasteiger partial charge in [-0.15, -0.1) is 0 Å². The van der Waals surface area contributed by atoms with Crippen molar-refractivity contribution in [2.24, 2.45) is 0 Å². The lowest BCUT2D eigenvalue weighted by Gasteiger charge is -2.36. The summed E-state index contributed by atoms with van der Waals surface area (Å²) in [5, 5.41) is 0.517. The number of rotatable bonds is 7. The van der Waals surface area contributed by atoms with Gasteiger partial charge >= 0.3 is 0 Å². The van der Waals surface area contributed by atoms with Gasteiger partial charge in [-0.25, -0.2) is 8.42 Å². The summed E-state index contributed by atoms with van der Waals surface area (Å²) in [5.74, 6) is 0.0384. The molecule has 0 spiro atoms. The third-order valence-corrected chi connectivity index (χ3v) is 8.61. The van der Waals surface area contributed by atoms with Crippen LogP contribution in [0, 0.1) is 0 Å². The molecular formula is C21H26ClNO4S2. The zero-order valence-electron chi connectivity index (χ0n) is 16.9. The molecule has 1 fully saturated rings. The monoisotopic (exact) mass is 455 g/mol. The lowest BCUT2D eigenvalue weighted by Crippen LogP contribution is -2.35. The predicted octanol–water partition coefficient (Wildman–Crippen LogP) is 4.93. The van der Waals surface area contributed by atoms with Crippen LogP contribution in [0.15, 0.2) is 52.3 Å². The van der Waals surface area contributed by atoms with Crippen molar-refractivity contribution in [3.63, 3.8) is 0 Å². The minimum Gasteiger partial charge on any atom is -0.381 e. The van der Waals surface area contributed by atoms with E-state index in [1.807, 2.05) is 18.2 Å². The summed E-state index contributed by atoms with van der Waals surface area (Å²) in [6.07, 6.45) is 1.65. The lowest BCUT2D eigenvalue weighted by atomic mass is 9.86. The van der Waals surface area contributed by atoms with Gasteiger partial charge in [0.15, 0.2) is 0 Å². The van der Waals surface area contributed by atoms with Crippen molar-refractivity contribution < 1.29 is 17.9 Å². The van der Waals surface area contributed by atoms with Crippen molar-refractivity contribution >= 4 is 39.1 Å². The van der Waals surface area contributed by atoms with Crippen LogP contribution in [0.3, 0.4) is 0 Å². The zero-order valence-corrected chi connectivity index (χ0v) is 19.2. The number of benzene rings is 2. The maximum Gasteiger partial charge on any atom is 0.234 e. The van der Waals surface area contributed by atoms with Gasteiger partial charge in [0.05, 0.1) is 22.1 Å². The Morgan fingerprint density at radius 3 is 2.55 bits per heavy atom. The van der Waals surface area contributed by atoms with Crippen molar-refractivity contribution in [2.75, 3.05) is 37.4 Å². The van der Waals surface area contributed by atoms with Gasteiger partial charge in [0.2, 0.25) is 10.0 Å². The molecule has 0 unspecified atom stereocenters. The SMILES string of the molecule is CCS(=O)(=O)N(C)c1ccc(Sc2cccc(C3(OC)CCOCC3)c2)c(Cl)c1. The maximum absolute atomic E-state index is 12.1. The van der Waals surface area contributed by atoms with Crippen molar-refractivity contribution in [1.29, 1.82) is 0 Å². The van der Waals surface area contributed by atoms with Crippen LogP contribution in [0.25, 0.3) is 0 Å². The molecule has 0 bridgehead atoms. The summed E-state index contributed by atoms with van der Waals surface area (Å²) in [5.41, 5.74) is 1.37. The Labute approximate surface area is 182 Å². The number of anilines is 1. The number of nitrogens with zero attached hydrogens (tertiary/aromatic N) is 1. The number of halogens is 1. The first kappa shape index (κ1) is 22.4. The maximum atomic E-state index is 12.1. The number of hydrogen-bond acceptors (Lipinski definition) is 5. The Hall–Kier alpha value is -1.25.